The minimum Gasteiger partial charge on any atom is -0.478 e. The third-order valence-electron chi connectivity index (χ3n) is 2.97. The summed E-state index contributed by atoms with van der Waals surface area (Å²) in [6.07, 6.45) is 0. The Morgan fingerprint density at radius 2 is 2.00 bits per heavy atom. The number of carbonyl (C=O) groups is 1. The van der Waals surface area contributed by atoms with Crippen molar-refractivity contribution in [1.29, 1.82) is 0 Å². The number of halogens is 3. The third kappa shape index (κ3) is 2.58. The fraction of sp³-hybridized carbons (Fsp3) is 0. The van der Waals surface area contributed by atoms with Crippen molar-refractivity contribution in [2.75, 3.05) is 0 Å². The van der Waals surface area contributed by atoms with E-state index in [9.17, 15) is 9.18 Å². The molecule has 0 fully saturated rings. The number of carboxylic acid groups (broad SMARTS) is 1. The molecular weight excluding hydrogens is 407 g/mol. The van der Waals surface area contributed by atoms with Gasteiger partial charge in [0, 0.05) is 14.5 Å². The first kappa shape index (κ1) is 14.2. The largest absolute Gasteiger partial charge is 0.478 e. The number of nitrogens with one attached hydrogen (secondary N) is 1. The zero-order valence-corrected chi connectivity index (χ0v) is 13.5. The van der Waals surface area contributed by atoms with Crippen LogP contribution in [-0.2, 0) is 0 Å². The molecule has 1 aromatic heterocycles. The summed E-state index contributed by atoms with van der Waals surface area (Å²) >= 11 is 6.79. The normalized spacial score (nSPS) is 11.0. The summed E-state index contributed by atoms with van der Waals surface area (Å²) in [5.41, 5.74) is 1.15. The lowest BCUT2D eigenvalue weighted by atomic mass is 10.2. The summed E-state index contributed by atoms with van der Waals surface area (Å²) in [6.45, 7) is 0. The fourth-order valence-electron chi connectivity index (χ4n) is 2.05. The molecule has 7 heteroatoms. The van der Waals surface area contributed by atoms with E-state index in [0.717, 1.165) is 20.6 Å². The van der Waals surface area contributed by atoms with Gasteiger partial charge in [-0.1, -0.05) is 31.9 Å². The van der Waals surface area contributed by atoms with Crippen molar-refractivity contribution in [3.05, 3.63) is 50.7 Å². The van der Waals surface area contributed by atoms with Crippen molar-refractivity contribution in [3.8, 4) is 11.4 Å². The number of rotatable bonds is 2. The van der Waals surface area contributed by atoms with Crippen LogP contribution in [-0.4, -0.2) is 21.0 Å². The molecule has 0 saturated heterocycles. The van der Waals surface area contributed by atoms with Gasteiger partial charge in [-0.05, 0) is 30.3 Å². The molecular formula is C14H7Br2FN2O2. The predicted molar refractivity (Wildman–Crippen MR) is 83.8 cm³/mol. The Morgan fingerprint density at radius 1 is 1.24 bits per heavy atom. The number of aromatic amines is 1. The van der Waals surface area contributed by atoms with Crippen LogP contribution in [0.2, 0.25) is 0 Å². The standard InChI is InChI=1S/C14H7Br2FN2O2/c15-6-1-2-10(16)8(3-6)13-18-11-5-7(17)4-9(14(20)21)12(11)19-13/h1-5H,(H,18,19)(H,20,21). The van der Waals surface area contributed by atoms with E-state index in [-0.39, 0.29) is 11.1 Å². The van der Waals surface area contributed by atoms with Gasteiger partial charge < -0.3 is 10.1 Å². The number of benzene rings is 2. The van der Waals surface area contributed by atoms with Crippen LogP contribution in [0.1, 0.15) is 10.4 Å². The lowest BCUT2D eigenvalue weighted by molar-refractivity contribution is 0.0698. The van der Waals surface area contributed by atoms with E-state index >= 15 is 0 Å². The highest BCUT2D eigenvalue weighted by Gasteiger charge is 2.16. The Bertz CT molecular complexity index is 877. The molecule has 0 aliphatic heterocycles. The average molecular weight is 414 g/mol. The predicted octanol–water partition coefficient (Wildman–Crippen LogP) is 4.59. The number of aromatic nitrogens is 2. The van der Waals surface area contributed by atoms with E-state index in [0.29, 0.717) is 11.3 Å². The smallest absolute Gasteiger partial charge is 0.338 e. The van der Waals surface area contributed by atoms with Crippen molar-refractivity contribution in [2.24, 2.45) is 0 Å². The van der Waals surface area contributed by atoms with Gasteiger partial charge in [-0.3, -0.25) is 0 Å². The second-order valence-corrected chi connectivity index (χ2v) is 6.13. The fourth-order valence-corrected chi connectivity index (χ4v) is 2.85. The number of hydrogen-bond donors (Lipinski definition) is 2. The van der Waals surface area contributed by atoms with Crippen LogP contribution in [0.25, 0.3) is 22.4 Å². The van der Waals surface area contributed by atoms with E-state index in [4.69, 9.17) is 5.11 Å². The van der Waals surface area contributed by atoms with Crippen LogP contribution in [0.3, 0.4) is 0 Å². The summed E-state index contributed by atoms with van der Waals surface area (Å²) in [7, 11) is 0. The summed E-state index contributed by atoms with van der Waals surface area (Å²) in [5.74, 6) is -1.37. The van der Waals surface area contributed by atoms with Gasteiger partial charge in [0.15, 0.2) is 0 Å². The minimum atomic E-state index is -1.22. The van der Waals surface area contributed by atoms with Crippen LogP contribution < -0.4 is 0 Å². The van der Waals surface area contributed by atoms with E-state index in [1.165, 1.54) is 6.07 Å². The maximum absolute atomic E-state index is 13.5. The van der Waals surface area contributed by atoms with Gasteiger partial charge in [-0.25, -0.2) is 14.2 Å². The maximum atomic E-state index is 13.5. The van der Waals surface area contributed by atoms with Gasteiger partial charge in [-0.2, -0.15) is 0 Å². The molecule has 0 amide bonds. The number of hydrogen-bond acceptors (Lipinski definition) is 2. The van der Waals surface area contributed by atoms with Crippen LogP contribution in [0.4, 0.5) is 4.39 Å². The highest BCUT2D eigenvalue weighted by molar-refractivity contribution is 9.11. The molecule has 0 atom stereocenters. The van der Waals surface area contributed by atoms with Crippen molar-refractivity contribution < 1.29 is 14.3 Å². The lowest BCUT2D eigenvalue weighted by Crippen LogP contribution is -1.98. The molecule has 0 spiro atoms. The average Bonchev–Trinajstić information content (AvgIpc) is 2.83. The van der Waals surface area contributed by atoms with Crippen LogP contribution in [0.5, 0.6) is 0 Å². The second kappa shape index (κ2) is 5.23. The van der Waals surface area contributed by atoms with Gasteiger partial charge in [0.05, 0.1) is 11.1 Å². The Labute approximate surface area is 135 Å². The van der Waals surface area contributed by atoms with E-state index in [1.807, 2.05) is 18.2 Å². The Balaban J connectivity index is 2.28. The quantitative estimate of drug-likeness (QED) is 0.645. The summed E-state index contributed by atoms with van der Waals surface area (Å²) in [5, 5.41) is 9.15. The minimum absolute atomic E-state index is 0.168. The number of fused-ring (bicyclic) bond motifs is 1. The molecule has 4 nitrogen and oxygen atoms in total. The first-order valence-electron chi connectivity index (χ1n) is 5.83. The van der Waals surface area contributed by atoms with Crippen molar-refractivity contribution in [3.63, 3.8) is 0 Å². The molecule has 21 heavy (non-hydrogen) atoms. The third-order valence-corrected chi connectivity index (χ3v) is 4.15. The Hall–Kier alpha value is -1.73. The number of nitrogens with zero attached hydrogens (tertiary/aromatic N) is 1. The topological polar surface area (TPSA) is 66.0 Å². The molecule has 1 heterocycles. The highest BCUT2D eigenvalue weighted by Crippen LogP contribution is 2.31. The van der Waals surface area contributed by atoms with Crippen molar-refractivity contribution >= 4 is 48.9 Å². The first-order chi connectivity index (χ1) is 9.95. The van der Waals surface area contributed by atoms with Gasteiger partial charge in [-0.15, -0.1) is 0 Å². The highest BCUT2D eigenvalue weighted by atomic mass is 79.9. The molecule has 2 aromatic carbocycles. The number of aromatic carboxylic acids is 1. The lowest BCUT2D eigenvalue weighted by Gasteiger charge is -2.01. The Kier molecular flexibility index (Phi) is 3.54. The monoisotopic (exact) mass is 412 g/mol. The summed E-state index contributed by atoms with van der Waals surface area (Å²) in [4.78, 5) is 18.4. The SMILES string of the molecule is O=C(O)c1cc(F)cc2[nH]c(-c3cc(Br)ccc3Br)nc12. The number of imidazole rings is 1. The van der Waals surface area contributed by atoms with Crippen LogP contribution >= 0.6 is 31.9 Å². The first-order valence-corrected chi connectivity index (χ1v) is 7.42. The van der Waals surface area contributed by atoms with Gasteiger partial charge in [0.25, 0.3) is 0 Å². The molecule has 0 bridgehead atoms. The van der Waals surface area contributed by atoms with Crippen LogP contribution in [0, 0.1) is 5.82 Å². The molecule has 0 aliphatic carbocycles. The molecule has 0 saturated carbocycles. The Morgan fingerprint density at radius 3 is 2.71 bits per heavy atom. The van der Waals surface area contributed by atoms with E-state index in [2.05, 4.69) is 41.8 Å². The molecule has 106 valence electrons. The zero-order chi connectivity index (χ0) is 15.1. The number of H-pyrrole nitrogens is 1. The molecule has 0 unspecified atom stereocenters. The molecule has 0 radical (unpaired) electrons. The zero-order valence-electron chi connectivity index (χ0n) is 10.3. The summed E-state index contributed by atoms with van der Waals surface area (Å²) < 4.78 is 15.1. The second-order valence-electron chi connectivity index (χ2n) is 4.36. The van der Waals surface area contributed by atoms with E-state index in [1.54, 1.807) is 0 Å². The van der Waals surface area contributed by atoms with Gasteiger partial charge in [0.1, 0.15) is 17.2 Å². The molecule has 3 aromatic rings. The van der Waals surface area contributed by atoms with Crippen molar-refractivity contribution in [2.45, 2.75) is 0 Å². The summed E-state index contributed by atoms with van der Waals surface area (Å²) in [6, 6.07) is 7.72. The van der Waals surface area contributed by atoms with Crippen molar-refractivity contribution in [1.82, 2.24) is 9.97 Å². The van der Waals surface area contributed by atoms with Gasteiger partial charge in [0.2, 0.25) is 0 Å². The molecule has 3 rings (SSSR count). The molecule has 2 N–H and O–H groups in total. The molecule has 0 aliphatic rings. The van der Waals surface area contributed by atoms with E-state index < -0.39 is 11.8 Å². The maximum Gasteiger partial charge on any atom is 0.338 e. The van der Waals surface area contributed by atoms with Crippen LogP contribution in [0.15, 0.2) is 39.3 Å². The number of carboxylic acids is 1. The van der Waals surface area contributed by atoms with Gasteiger partial charge >= 0.3 is 5.97 Å².